The molecule has 2 unspecified atom stereocenters. The Bertz CT molecular complexity index is 1200. The van der Waals surface area contributed by atoms with Crippen LogP contribution in [0.5, 0.6) is 0 Å². The van der Waals surface area contributed by atoms with Gasteiger partial charge in [-0.3, -0.25) is 19.2 Å². The zero-order valence-electron chi connectivity index (χ0n) is 23.8. The molecule has 10 nitrogen and oxygen atoms in total. The largest absolute Gasteiger partial charge is 0.368 e. The van der Waals surface area contributed by atoms with Crippen molar-refractivity contribution in [2.75, 3.05) is 50.0 Å². The van der Waals surface area contributed by atoms with E-state index in [4.69, 9.17) is 9.47 Å². The van der Waals surface area contributed by atoms with Gasteiger partial charge in [0, 0.05) is 50.8 Å². The summed E-state index contributed by atoms with van der Waals surface area (Å²) in [6, 6.07) is 15.3. The normalized spacial score (nSPS) is 25.5. The van der Waals surface area contributed by atoms with Crippen molar-refractivity contribution >= 4 is 35.0 Å². The second kappa shape index (κ2) is 12.6. The van der Waals surface area contributed by atoms with Gasteiger partial charge < -0.3 is 29.9 Å². The molecular formula is C32H38N4O6. The average Bonchev–Trinajstić information content (AvgIpc) is 3.84. The second-order valence-corrected chi connectivity index (χ2v) is 11.7. The smallest absolute Gasteiger partial charge is 0.251 e. The fourth-order valence-electron chi connectivity index (χ4n) is 6.28. The quantitative estimate of drug-likeness (QED) is 0.524. The third kappa shape index (κ3) is 6.34. The molecule has 2 N–H and O–H groups in total. The van der Waals surface area contributed by atoms with Crippen LogP contribution in [0.15, 0.2) is 48.5 Å². The van der Waals surface area contributed by atoms with Crippen LogP contribution in [0, 0.1) is 11.8 Å². The van der Waals surface area contributed by atoms with Crippen molar-refractivity contribution in [2.45, 2.75) is 50.7 Å². The van der Waals surface area contributed by atoms with Gasteiger partial charge in [0.1, 0.15) is 12.2 Å². The number of rotatable bonds is 7. The minimum Gasteiger partial charge on any atom is -0.368 e. The maximum atomic E-state index is 12.9. The highest BCUT2D eigenvalue weighted by Crippen LogP contribution is 2.27. The molecule has 0 aromatic heterocycles. The average molecular weight is 575 g/mol. The molecule has 4 aliphatic rings. The summed E-state index contributed by atoms with van der Waals surface area (Å²) in [5.74, 6) is -0.605. The summed E-state index contributed by atoms with van der Waals surface area (Å²) < 4.78 is 11.0. The van der Waals surface area contributed by atoms with Gasteiger partial charge in [0.25, 0.3) is 11.8 Å². The highest BCUT2D eigenvalue weighted by molar-refractivity contribution is 5.95. The van der Waals surface area contributed by atoms with Gasteiger partial charge in [-0.2, -0.15) is 0 Å². The monoisotopic (exact) mass is 574 g/mol. The summed E-state index contributed by atoms with van der Waals surface area (Å²) in [6.45, 7) is 3.29. The molecule has 2 aromatic rings. The third-order valence-corrected chi connectivity index (χ3v) is 8.79. The Kier molecular flexibility index (Phi) is 8.53. The van der Waals surface area contributed by atoms with E-state index >= 15 is 0 Å². The highest BCUT2D eigenvalue weighted by atomic mass is 16.5. The lowest BCUT2D eigenvalue weighted by Gasteiger charge is -2.20. The number of amides is 4. The van der Waals surface area contributed by atoms with Crippen LogP contribution < -0.4 is 10.6 Å². The highest BCUT2D eigenvalue weighted by Gasteiger charge is 2.37. The van der Waals surface area contributed by atoms with Gasteiger partial charge in [-0.05, 0) is 73.9 Å². The van der Waals surface area contributed by atoms with Gasteiger partial charge in [0.2, 0.25) is 11.8 Å². The molecular weight excluding hydrogens is 536 g/mol. The van der Waals surface area contributed by atoms with Crippen LogP contribution in [0.25, 0.3) is 11.1 Å². The molecule has 4 atom stereocenters. The molecule has 4 amide bonds. The Balaban J connectivity index is 0.973. The SMILES string of the molecule is O=C(Nc1ccc(-c2ccc(NC(=O)[C@H]3CCN(C(=O)C4CCCO4)C3)cc2)cc1)[C@@H]1CCN(C(=O)C2CCCO2)C1. The molecule has 4 saturated heterocycles. The molecule has 222 valence electrons. The summed E-state index contributed by atoms with van der Waals surface area (Å²) in [6.07, 6.45) is 3.94. The Labute approximate surface area is 245 Å². The molecule has 2 aromatic carbocycles. The number of carbonyl (C=O) groups is 4. The summed E-state index contributed by atoms with van der Waals surface area (Å²) in [4.78, 5) is 54.4. The van der Waals surface area contributed by atoms with E-state index < -0.39 is 0 Å². The zero-order valence-corrected chi connectivity index (χ0v) is 23.8. The lowest BCUT2D eigenvalue weighted by atomic mass is 10.0. The van der Waals surface area contributed by atoms with Crippen molar-refractivity contribution in [1.29, 1.82) is 0 Å². The van der Waals surface area contributed by atoms with Crippen LogP contribution in [0.2, 0.25) is 0 Å². The number of carbonyl (C=O) groups excluding carboxylic acids is 4. The number of nitrogens with one attached hydrogen (secondary N) is 2. The summed E-state index contributed by atoms with van der Waals surface area (Å²) >= 11 is 0. The first-order valence-corrected chi connectivity index (χ1v) is 15.1. The predicted molar refractivity (Wildman–Crippen MR) is 156 cm³/mol. The van der Waals surface area contributed by atoms with Gasteiger partial charge in [-0.25, -0.2) is 0 Å². The van der Waals surface area contributed by atoms with Crippen LogP contribution >= 0.6 is 0 Å². The van der Waals surface area contributed by atoms with E-state index in [1.54, 1.807) is 9.80 Å². The van der Waals surface area contributed by atoms with E-state index in [9.17, 15) is 19.2 Å². The minimum absolute atomic E-state index is 0.00416. The predicted octanol–water partition coefficient (Wildman–Crippen LogP) is 3.29. The van der Waals surface area contributed by atoms with Gasteiger partial charge in [-0.1, -0.05) is 24.3 Å². The van der Waals surface area contributed by atoms with Crippen molar-refractivity contribution in [3.63, 3.8) is 0 Å². The van der Waals surface area contributed by atoms with Crippen LogP contribution in [0.4, 0.5) is 11.4 Å². The van der Waals surface area contributed by atoms with Crippen LogP contribution in [-0.2, 0) is 28.7 Å². The fraction of sp³-hybridized carbons (Fsp3) is 0.500. The number of ether oxygens (including phenoxy) is 2. The fourth-order valence-corrected chi connectivity index (χ4v) is 6.28. The van der Waals surface area contributed by atoms with Crippen molar-refractivity contribution < 1.29 is 28.7 Å². The van der Waals surface area contributed by atoms with E-state index in [2.05, 4.69) is 10.6 Å². The lowest BCUT2D eigenvalue weighted by Crippen LogP contribution is -2.38. The van der Waals surface area contributed by atoms with E-state index in [0.29, 0.717) is 63.6 Å². The van der Waals surface area contributed by atoms with Crippen molar-refractivity contribution in [3.8, 4) is 11.1 Å². The first-order chi connectivity index (χ1) is 20.4. The van der Waals surface area contributed by atoms with Gasteiger partial charge in [-0.15, -0.1) is 0 Å². The molecule has 0 radical (unpaired) electrons. The molecule has 0 spiro atoms. The summed E-state index contributed by atoms with van der Waals surface area (Å²) in [7, 11) is 0. The van der Waals surface area contributed by atoms with Crippen LogP contribution in [0.3, 0.4) is 0 Å². The van der Waals surface area contributed by atoms with Crippen LogP contribution in [0.1, 0.15) is 38.5 Å². The number of nitrogens with zero attached hydrogens (tertiary/aromatic N) is 2. The van der Waals surface area contributed by atoms with Crippen molar-refractivity contribution in [2.24, 2.45) is 11.8 Å². The molecule has 0 aliphatic carbocycles. The minimum atomic E-state index is -0.350. The van der Waals surface area contributed by atoms with Gasteiger partial charge in [0.15, 0.2) is 0 Å². The zero-order chi connectivity index (χ0) is 29.1. The van der Waals surface area contributed by atoms with E-state index in [-0.39, 0.29) is 47.7 Å². The number of anilines is 2. The third-order valence-electron chi connectivity index (χ3n) is 8.79. The van der Waals surface area contributed by atoms with Crippen molar-refractivity contribution in [3.05, 3.63) is 48.5 Å². The molecule has 6 rings (SSSR count). The number of benzene rings is 2. The molecule has 0 bridgehead atoms. The van der Waals surface area contributed by atoms with Gasteiger partial charge in [0.05, 0.1) is 11.8 Å². The van der Waals surface area contributed by atoms with E-state index in [1.807, 2.05) is 48.5 Å². The Hall–Kier alpha value is -3.76. The summed E-state index contributed by atoms with van der Waals surface area (Å²) in [5.41, 5.74) is 3.39. The topological polar surface area (TPSA) is 117 Å². The standard InChI is InChI=1S/C32H38N4O6/c37-29(23-13-15-35(19-23)31(39)27-3-1-17-41-27)33-25-9-5-21(6-10-25)22-7-11-26(12-8-22)34-30(38)24-14-16-36(20-24)32(40)28-4-2-18-42-28/h5-12,23-24,27-28H,1-4,13-20H2,(H,33,37)(H,34,38)/t23-,24+,27?,28?. The number of hydrogen-bond donors (Lipinski definition) is 2. The number of likely N-dealkylation sites (tertiary alicyclic amines) is 2. The Morgan fingerprint density at radius 1 is 0.595 bits per heavy atom. The maximum Gasteiger partial charge on any atom is 0.251 e. The molecule has 10 heteroatoms. The first kappa shape index (κ1) is 28.4. The summed E-state index contributed by atoms with van der Waals surface area (Å²) in [5, 5.41) is 5.98. The van der Waals surface area contributed by atoms with Gasteiger partial charge >= 0.3 is 0 Å². The molecule has 4 fully saturated rings. The molecule has 4 heterocycles. The van der Waals surface area contributed by atoms with Crippen molar-refractivity contribution in [1.82, 2.24) is 9.80 Å². The molecule has 0 saturated carbocycles. The lowest BCUT2D eigenvalue weighted by molar-refractivity contribution is -0.140. The first-order valence-electron chi connectivity index (χ1n) is 15.1. The van der Waals surface area contributed by atoms with E-state index in [0.717, 1.165) is 36.8 Å². The maximum absolute atomic E-state index is 12.9. The Morgan fingerprint density at radius 2 is 1.00 bits per heavy atom. The number of hydrogen-bond acceptors (Lipinski definition) is 6. The molecule has 42 heavy (non-hydrogen) atoms. The Morgan fingerprint density at radius 3 is 1.36 bits per heavy atom. The molecule has 4 aliphatic heterocycles. The van der Waals surface area contributed by atoms with Crippen LogP contribution in [-0.4, -0.2) is 85.0 Å². The second-order valence-electron chi connectivity index (χ2n) is 11.7. The van der Waals surface area contributed by atoms with E-state index in [1.165, 1.54) is 0 Å².